The number of unbranched alkanes of at least 4 members (excludes halogenated alkanes) is 26. The van der Waals surface area contributed by atoms with E-state index >= 15 is 0 Å². The smallest absolute Gasteiger partial charge is 0.306 e. The van der Waals surface area contributed by atoms with Crippen LogP contribution < -0.4 is 0 Å². The van der Waals surface area contributed by atoms with Crippen LogP contribution in [0.4, 0.5) is 0 Å². The molecule has 0 saturated carbocycles. The average Bonchev–Trinajstić information content (AvgIpc) is 3.23. The number of hydrogen-bond acceptors (Lipinski definition) is 8. The van der Waals surface area contributed by atoms with E-state index in [0.29, 0.717) is 19.4 Å². The lowest BCUT2D eigenvalue weighted by atomic mass is 10.0. The van der Waals surface area contributed by atoms with Crippen LogP contribution >= 0.6 is 0 Å². The Balaban J connectivity index is 0. The Kier molecular flexibility index (Phi) is 52.1. The predicted molar refractivity (Wildman–Crippen MR) is 260 cm³/mol. The van der Waals surface area contributed by atoms with Gasteiger partial charge in [-0.05, 0) is 104 Å². The van der Waals surface area contributed by atoms with Crippen LogP contribution in [0.25, 0.3) is 0 Å². The van der Waals surface area contributed by atoms with Gasteiger partial charge in [0.05, 0.1) is 18.8 Å². The molecule has 0 heterocycles. The molecule has 0 bridgehead atoms. The second-order valence-electron chi connectivity index (χ2n) is 18.5. The van der Waals surface area contributed by atoms with Gasteiger partial charge in [0.15, 0.2) is 0 Å². The Morgan fingerprint density at radius 1 is 0.410 bits per heavy atom. The molecule has 3 N–H and O–H groups in total. The van der Waals surface area contributed by atoms with E-state index in [-0.39, 0.29) is 36.9 Å². The van der Waals surface area contributed by atoms with Crippen molar-refractivity contribution in [2.24, 2.45) is 0 Å². The molecule has 0 spiro atoms. The molecule has 0 aromatic heterocycles. The van der Waals surface area contributed by atoms with Crippen LogP contribution in [0.5, 0.6) is 0 Å². The van der Waals surface area contributed by atoms with Crippen LogP contribution in [-0.4, -0.2) is 83.3 Å². The Hall–Kier alpha value is -1.22. The summed E-state index contributed by atoms with van der Waals surface area (Å²) in [4.78, 5) is 27.2. The quantitative estimate of drug-likeness (QED) is 0.0409. The molecule has 0 radical (unpaired) electrons. The van der Waals surface area contributed by atoms with Crippen molar-refractivity contribution in [2.75, 3.05) is 32.8 Å². The first-order valence-corrected chi connectivity index (χ1v) is 26.7. The van der Waals surface area contributed by atoms with Gasteiger partial charge in [-0.1, -0.05) is 175 Å². The summed E-state index contributed by atoms with van der Waals surface area (Å²) >= 11 is 0. The topological polar surface area (TPSA) is 117 Å². The second-order valence-corrected chi connectivity index (χ2v) is 18.5. The molecule has 0 aliphatic heterocycles. The first kappa shape index (κ1) is 61.9. The van der Waals surface area contributed by atoms with Crippen molar-refractivity contribution in [3.8, 4) is 0 Å². The van der Waals surface area contributed by atoms with Crippen molar-refractivity contribution < 1.29 is 34.4 Å². The molecule has 0 aromatic rings. The fourth-order valence-electron chi connectivity index (χ4n) is 8.02. The van der Waals surface area contributed by atoms with Gasteiger partial charge in [-0.15, -0.1) is 0 Å². The third-order valence-electron chi connectivity index (χ3n) is 12.0. The summed E-state index contributed by atoms with van der Waals surface area (Å²) in [6, 6.07) is 0. The molecule has 0 aromatic carbocycles. The van der Waals surface area contributed by atoms with Crippen molar-refractivity contribution in [2.45, 2.75) is 297 Å². The van der Waals surface area contributed by atoms with Gasteiger partial charge < -0.3 is 29.7 Å². The van der Waals surface area contributed by atoms with Gasteiger partial charge in [-0.3, -0.25) is 9.59 Å². The molecule has 8 nitrogen and oxygen atoms in total. The maximum atomic E-state index is 12.7. The number of esters is 2. The van der Waals surface area contributed by atoms with Gasteiger partial charge in [0.25, 0.3) is 0 Å². The normalized spacial score (nSPS) is 12.4. The lowest BCUT2D eigenvalue weighted by molar-refractivity contribution is -0.150. The van der Waals surface area contributed by atoms with Crippen molar-refractivity contribution in [1.82, 2.24) is 4.90 Å². The lowest BCUT2D eigenvalue weighted by Crippen LogP contribution is -2.29. The predicted octanol–water partition coefficient (Wildman–Crippen LogP) is 14.4. The number of ether oxygens (including phenoxy) is 2. The molecule has 0 amide bonds. The van der Waals surface area contributed by atoms with Crippen LogP contribution in [0, 0.1) is 0 Å². The summed E-state index contributed by atoms with van der Waals surface area (Å²) in [6.45, 7) is 13.9. The standard InChI is InChI=1S/C45H89NO5.C8H18O2/c1-5-8-11-14-17-21-29-36-44(48)50-42(4)33-26-23-25-32-39-46(40-41-47)38-31-24-18-22-30-37-45(49)51-43(34-27-19-15-12-9-6-2)35-28-20-16-13-10-7-3;1-8(10)6-4-2-3-5-7-9/h42-43,47H,5-41H2,1-4H3;8-10H,2-7H2,1H3. The molecule has 0 saturated heterocycles. The van der Waals surface area contributed by atoms with E-state index in [1.54, 1.807) is 0 Å². The first-order valence-electron chi connectivity index (χ1n) is 26.7. The monoisotopic (exact) mass is 870 g/mol. The largest absolute Gasteiger partial charge is 0.463 e. The SMILES string of the molecule is CC(O)CCCCCCO.CCCCCCCCCC(=O)OC(C)CCCCCCN(CCO)CCCCCCCC(=O)OC(CCCCCCCC)CCCCCCCC. The van der Waals surface area contributed by atoms with Gasteiger partial charge in [-0.2, -0.15) is 0 Å². The van der Waals surface area contributed by atoms with Crippen molar-refractivity contribution in [1.29, 1.82) is 0 Å². The average molecular weight is 870 g/mol. The number of aliphatic hydroxyl groups excluding tert-OH is 3. The number of nitrogens with zero attached hydrogens (tertiary/aromatic N) is 1. The van der Waals surface area contributed by atoms with E-state index < -0.39 is 0 Å². The van der Waals surface area contributed by atoms with E-state index in [2.05, 4.69) is 25.7 Å². The van der Waals surface area contributed by atoms with E-state index in [0.717, 1.165) is 129 Å². The highest BCUT2D eigenvalue weighted by Crippen LogP contribution is 2.19. The molecule has 2 atom stereocenters. The van der Waals surface area contributed by atoms with Crippen LogP contribution in [0.3, 0.4) is 0 Å². The zero-order chi connectivity index (χ0) is 45.3. The van der Waals surface area contributed by atoms with Crippen LogP contribution in [0.2, 0.25) is 0 Å². The molecule has 0 rings (SSSR count). The van der Waals surface area contributed by atoms with Gasteiger partial charge in [0, 0.05) is 26.0 Å². The summed E-state index contributed by atoms with van der Waals surface area (Å²) in [5.41, 5.74) is 0. The maximum absolute atomic E-state index is 12.7. The molecular weight excluding hydrogens is 763 g/mol. The summed E-state index contributed by atoms with van der Waals surface area (Å²) in [5.74, 6) is -0.0140. The zero-order valence-electron chi connectivity index (χ0n) is 41.6. The van der Waals surface area contributed by atoms with Crippen molar-refractivity contribution >= 4 is 11.9 Å². The van der Waals surface area contributed by atoms with E-state index in [1.807, 2.05) is 13.8 Å². The molecular formula is C53H107NO7. The van der Waals surface area contributed by atoms with Gasteiger partial charge in [-0.25, -0.2) is 0 Å². The Bertz CT molecular complexity index is 856. The van der Waals surface area contributed by atoms with E-state index in [4.69, 9.17) is 19.7 Å². The number of carbonyl (C=O) groups is 2. The van der Waals surface area contributed by atoms with Crippen LogP contribution in [0.15, 0.2) is 0 Å². The highest BCUT2D eigenvalue weighted by atomic mass is 16.5. The summed E-state index contributed by atoms with van der Waals surface area (Å²) < 4.78 is 11.7. The fourth-order valence-corrected chi connectivity index (χ4v) is 8.02. The minimum Gasteiger partial charge on any atom is -0.463 e. The molecule has 0 fully saturated rings. The minimum atomic E-state index is -0.158. The lowest BCUT2D eigenvalue weighted by Gasteiger charge is -2.21. The number of carbonyl (C=O) groups excluding carboxylic acids is 2. The zero-order valence-corrected chi connectivity index (χ0v) is 41.6. The third kappa shape index (κ3) is 51.3. The Labute approximate surface area is 379 Å². The van der Waals surface area contributed by atoms with Crippen molar-refractivity contribution in [3.05, 3.63) is 0 Å². The third-order valence-corrected chi connectivity index (χ3v) is 12.0. The number of hydrogen-bond donors (Lipinski definition) is 3. The molecule has 366 valence electrons. The minimum absolute atomic E-state index is 0.0142. The Morgan fingerprint density at radius 3 is 1.20 bits per heavy atom. The summed E-state index contributed by atoms with van der Waals surface area (Å²) in [6.07, 6.45) is 43.2. The van der Waals surface area contributed by atoms with Gasteiger partial charge in [0.2, 0.25) is 0 Å². The van der Waals surface area contributed by atoms with Gasteiger partial charge >= 0.3 is 11.9 Å². The van der Waals surface area contributed by atoms with E-state index in [1.165, 1.54) is 122 Å². The maximum Gasteiger partial charge on any atom is 0.306 e. The van der Waals surface area contributed by atoms with Crippen LogP contribution in [-0.2, 0) is 19.1 Å². The molecule has 2 unspecified atom stereocenters. The molecule has 61 heavy (non-hydrogen) atoms. The van der Waals surface area contributed by atoms with Crippen LogP contribution in [0.1, 0.15) is 279 Å². The molecule has 8 heteroatoms. The van der Waals surface area contributed by atoms with Crippen molar-refractivity contribution in [3.63, 3.8) is 0 Å². The molecule has 0 aliphatic rings. The highest BCUT2D eigenvalue weighted by molar-refractivity contribution is 5.69. The van der Waals surface area contributed by atoms with E-state index in [9.17, 15) is 14.7 Å². The number of aliphatic hydroxyl groups is 3. The first-order chi connectivity index (χ1) is 29.7. The molecule has 0 aliphatic carbocycles. The Morgan fingerprint density at radius 2 is 0.770 bits per heavy atom. The fraction of sp³-hybridized carbons (Fsp3) is 0.962. The summed E-state index contributed by atoms with van der Waals surface area (Å²) in [7, 11) is 0. The highest BCUT2D eigenvalue weighted by Gasteiger charge is 2.15. The summed E-state index contributed by atoms with van der Waals surface area (Å²) in [5, 5.41) is 26.9. The number of rotatable bonds is 47. The van der Waals surface area contributed by atoms with Gasteiger partial charge in [0.1, 0.15) is 6.10 Å². The second kappa shape index (κ2) is 51.4.